The zero-order chi connectivity index (χ0) is 12.5. The van der Waals surface area contributed by atoms with Crippen molar-refractivity contribution in [2.45, 2.75) is 25.8 Å². The van der Waals surface area contributed by atoms with E-state index in [2.05, 4.69) is 55.3 Å². The number of fused-ring (bicyclic) bond motifs is 1. The summed E-state index contributed by atoms with van der Waals surface area (Å²) < 4.78 is 0. The van der Waals surface area contributed by atoms with Gasteiger partial charge in [0.1, 0.15) is 0 Å². The Balaban J connectivity index is 2.15. The standard InChI is InChI=1S/C14H16BrN3/c1-10-12-6-2-3-7-13(12)14(17-16-10)18-8-4-5-11(18)9-15/h2-3,6-7,11H,4-5,8-9H2,1H3. The summed E-state index contributed by atoms with van der Waals surface area (Å²) in [5, 5.41) is 12.2. The maximum atomic E-state index is 4.44. The molecule has 18 heavy (non-hydrogen) atoms. The SMILES string of the molecule is Cc1nnc(N2CCCC2CBr)c2ccccc12. The van der Waals surface area contributed by atoms with E-state index in [4.69, 9.17) is 0 Å². The lowest BCUT2D eigenvalue weighted by molar-refractivity contribution is 0.737. The number of alkyl halides is 1. The molecule has 0 bridgehead atoms. The van der Waals surface area contributed by atoms with Crippen LogP contribution in [0, 0.1) is 6.92 Å². The Labute approximate surface area is 115 Å². The van der Waals surface area contributed by atoms with Gasteiger partial charge in [0, 0.05) is 28.7 Å². The molecule has 0 N–H and O–H groups in total. The Hall–Kier alpha value is -1.16. The number of aromatic nitrogens is 2. The quantitative estimate of drug-likeness (QED) is 0.797. The normalized spacial score (nSPS) is 19.7. The molecular formula is C14H16BrN3. The Morgan fingerprint density at radius 1 is 1.28 bits per heavy atom. The molecule has 1 aliphatic rings. The highest BCUT2D eigenvalue weighted by Gasteiger charge is 2.26. The number of nitrogens with zero attached hydrogens (tertiary/aromatic N) is 3. The average molecular weight is 306 g/mol. The van der Waals surface area contributed by atoms with Crippen LogP contribution in [0.4, 0.5) is 5.82 Å². The first-order valence-electron chi connectivity index (χ1n) is 6.36. The van der Waals surface area contributed by atoms with Gasteiger partial charge in [-0.25, -0.2) is 0 Å². The topological polar surface area (TPSA) is 29.0 Å². The summed E-state index contributed by atoms with van der Waals surface area (Å²) in [6, 6.07) is 8.96. The van der Waals surface area contributed by atoms with Crippen LogP contribution in [0.1, 0.15) is 18.5 Å². The van der Waals surface area contributed by atoms with E-state index in [-0.39, 0.29) is 0 Å². The molecule has 1 atom stereocenters. The van der Waals surface area contributed by atoms with Crippen LogP contribution in [0.25, 0.3) is 10.8 Å². The number of aryl methyl sites for hydroxylation is 1. The van der Waals surface area contributed by atoms with E-state index < -0.39 is 0 Å². The number of halogens is 1. The summed E-state index contributed by atoms with van der Waals surface area (Å²) in [6.07, 6.45) is 2.47. The van der Waals surface area contributed by atoms with Crippen LogP contribution >= 0.6 is 15.9 Å². The fourth-order valence-electron chi connectivity index (χ4n) is 2.71. The number of hydrogen-bond acceptors (Lipinski definition) is 3. The predicted molar refractivity (Wildman–Crippen MR) is 78.4 cm³/mol. The smallest absolute Gasteiger partial charge is 0.159 e. The van der Waals surface area contributed by atoms with Crippen LogP contribution in [0.5, 0.6) is 0 Å². The van der Waals surface area contributed by atoms with Crippen molar-refractivity contribution < 1.29 is 0 Å². The van der Waals surface area contributed by atoms with Crippen molar-refractivity contribution in [3.05, 3.63) is 30.0 Å². The van der Waals surface area contributed by atoms with Gasteiger partial charge in [-0.3, -0.25) is 0 Å². The van der Waals surface area contributed by atoms with E-state index in [0.717, 1.165) is 23.4 Å². The summed E-state index contributed by atoms with van der Waals surface area (Å²) in [4.78, 5) is 2.39. The van der Waals surface area contributed by atoms with Crippen molar-refractivity contribution in [3.63, 3.8) is 0 Å². The Morgan fingerprint density at radius 2 is 2.06 bits per heavy atom. The third-order valence-corrected chi connectivity index (χ3v) is 4.43. The summed E-state index contributed by atoms with van der Waals surface area (Å²) in [7, 11) is 0. The molecule has 3 rings (SSSR count). The van der Waals surface area contributed by atoms with Gasteiger partial charge in [0.2, 0.25) is 0 Å². The van der Waals surface area contributed by atoms with E-state index >= 15 is 0 Å². The number of rotatable bonds is 2. The Bertz CT molecular complexity index is 570. The minimum Gasteiger partial charge on any atom is -0.351 e. The molecule has 0 amide bonds. The van der Waals surface area contributed by atoms with Gasteiger partial charge in [-0.05, 0) is 19.8 Å². The molecule has 2 heterocycles. The van der Waals surface area contributed by atoms with Crippen molar-refractivity contribution in [1.29, 1.82) is 0 Å². The van der Waals surface area contributed by atoms with Gasteiger partial charge in [-0.2, -0.15) is 5.10 Å². The summed E-state index contributed by atoms with van der Waals surface area (Å²) in [5.41, 5.74) is 1.00. The van der Waals surface area contributed by atoms with Gasteiger partial charge in [-0.15, -0.1) is 5.10 Å². The highest BCUT2D eigenvalue weighted by molar-refractivity contribution is 9.09. The monoisotopic (exact) mass is 305 g/mol. The van der Waals surface area contributed by atoms with Crippen LogP contribution < -0.4 is 4.90 Å². The maximum absolute atomic E-state index is 4.44. The molecule has 1 fully saturated rings. The van der Waals surface area contributed by atoms with E-state index in [1.54, 1.807) is 0 Å². The predicted octanol–water partition coefficient (Wildman–Crippen LogP) is 3.30. The second-order valence-electron chi connectivity index (χ2n) is 4.80. The molecule has 0 radical (unpaired) electrons. The number of benzene rings is 1. The second kappa shape index (κ2) is 4.84. The first-order chi connectivity index (χ1) is 8.81. The molecule has 3 nitrogen and oxygen atoms in total. The first kappa shape index (κ1) is 11.9. The largest absolute Gasteiger partial charge is 0.351 e. The molecule has 2 aromatic rings. The Kier molecular flexibility index (Phi) is 3.20. The van der Waals surface area contributed by atoms with Gasteiger partial charge < -0.3 is 4.90 Å². The molecular weight excluding hydrogens is 290 g/mol. The molecule has 0 spiro atoms. The van der Waals surface area contributed by atoms with Crippen molar-refractivity contribution in [3.8, 4) is 0 Å². The lowest BCUT2D eigenvalue weighted by Crippen LogP contribution is -2.31. The lowest BCUT2D eigenvalue weighted by atomic mass is 10.1. The fraction of sp³-hybridized carbons (Fsp3) is 0.429. The Morgan fingerprint density at radius 3 is 2.83 bits per heavy atom. The van der Waals surface area contributed by atoms with Crippen molar-refractivity contribution in [2.24, 2.45) is 0 Å². The molecule has 0 saturated carbocycles. The molecule has 1 saturated heterocycles. The van der Waals surface area contributed by atoms with Gasteiger partial charge in [-0.1, -0.05) is 40.2 Å². The van der Waals surface area contributed by atoms with Crippen LogP contribution in [0.15, 0.2) is 24.3 Å². The zero-order valence-corrected chi connectivity index (χ0v) is 12.0. The second-order valence-corrected chi connectivity index (χ2v) is 5.45. The van der Waals surface area contributed by atoms with Crippen molar-refractivity contribution >= 4 is 32.5 Å². The molecule has 1 aromatic heterocycles. The van der Waals surface area contributed by atoms with Gasteiger partial charge in [0.15, 0.2) is 5.82 Å². The van der Waals surface area contributed by atoms with Crippen molar-refractivity contribution in [1.82, 2.24) is 10.2 Å². The first-order valence-corrected chi connectivity index (χ1v) is 7.48. The summed E-state index contributed by atoms with van der Waals surface area (Å²) in [5.74, 6) is 1.04. The van der Waals surface area contributed by atoms with E-state index in [0.29, 0.717) is 6.04 Å². The third-order valence-electron chi connectivity index (χ3n) is 3.68. The molecule has 1 aromatic carbocycles. The molecule has 4 heteroatoms. The van der Waals surface area contributed by atoms with E-state index in [1.807, 2.05) is 6.92 Å². The number of anilines is 1. The van der Waals surface area contributed by atoms with Crippen LogP contribution in [-0.2, 0) is 0 Å². The van der Waals surface area contributed by atoms with Crippen molar-refractivity contribution in [2.75, 3.05) is 16.8 Å². The number of hydrogen-bond donors (Lipinski definition) is 0. The molecule has 94 valence electrons. The molecule has 1 aliphatic heterocycles. The lowest BCUT2D eigenvalue weighted by Gasteiger charge is -2.25. The molecule has 1 unspecified atom stereocenters. The van der Waals surface area contributed by atoms with Gasteiger partial charge in [0.05, 0.1) is 5.69 Å². The minimum absolute atomic E-state index is 0.547. The zero-order valence-electron chi connectivity index (χ0n) is 10.4. The van der Waals surface area contributed by atoms with Crippen LogP contribution in [0.2, 0.25) is 0 Å². The third kappa shape index (κ3) is 1.88. The van der Waals surface area contributed by atoms with Crippen LogP contribution in [-0.4, -0.2) is 28.1 Å². The van der Waals surface area contributed by atoms with E-state index in [1.165, 1.54) is 23.6 Å². The maximum Gasteiger partial charge on any atom is 0.159 e. The van der Waals surface area contributed by atoms with Crippen LogP contribution in [0.3, 0.4) is 0 Å². The van der Waals surface area contributed by atoms with Gasteiger partial charge in [0.25, 0.3) is 0 Å². The molecule has 0 aliphatic carbocycles. The van der Waals surface area contributed by atoms with Gasteiger partial charge >= 0.3 is 0 Å². The highest BCUT2D eigenvalue weighted by atomic mass is 79.9. The summed E-state index contributed by atoms with van der Waals surface area (Å²) >= 11 is 3.60. The fourth-order valence-corrected chi connectivity index (χ4v) is 3.38. The minimum atomic E-state index is 0.547. The average Bonchev–Trinajstić information content (AvgIpc) is 2.88. The highest BCUT2D eigenvalue weighted by Crippen LogP contribution is 2.31. The van der Waals surface area contributed by atoms with E-state index in [9.17, 15) is 0 Å². The summed E-state index contributed by atoms with van der Waals surface area (Å²) in [6.45, 7) is 3.10.